The Morgan fingerprint density at radius 2 is 2.06 bits per heavy atom. The summed E-state index contributed by atoms with van der Waals surface area (Å²) in [6, 6.07) is 4.33. The number of hydrogen-bond acceptors (Lipinski definition) is 4. The van der Waals surface area contributed by atoms with E-state index in [1.165, 1.54) is 31.4 Å². The van der Waals surface area contributed by atoms with Crippen molar-refractivity contribution >= 4 is 18.0 Å². The molecule has 0 saturated heterocycles. The number of benzene rings is 1. The maximum Gasteiger partial charge on any atom is 0.338 e. The summed E-state index contributed by atoms with van der Waals surface area (Å²) in [5.41, 5.74) is 1.18. The number of rotatable bonds is 2. The van der Waals surface area contributed by atoms with Gasteiger partial charge in [0.2, 0.25) is 6.08 Å². The van der Waals surface area contributed by atoms with Crippen LogP contribution in [0.1, 0.15) is 26.3 Å². The van der Waals surface area contributed by atoms with Crippen molar-refractivity contribution in [3.05, 3.63) is 34.9 Å². The van der Waals surface area contributed by atoms with Gasteiger partial charge in [-0.05, 0) is 30.7 Å². The number of ether oxygens (including phenoxy) is 1. The zero-order valence-electron chi connectivity index (χ0n) is 8.81. The van der Waals surface area contributed by atoms with Gasteiger partial charge in [-0.15, -0.1) is 4.99 Å². The Kier molecular flexibility index (Phi) is 3.69. The number of carbonyl (C=O) groups excluding carboxylic acids is 3. The van der Waals surface area contributed by atoms with Crippen LogP contribution in [0.3, 0.4) is 0 Å². The normalized spacial score (nSPS) is 9.12. The van der Waals surface area contributed by atoms with Crippen LogP contribution >= 0.6 is 0 Å². The molecule has 0 aliphatic rings. The Labute approximate surface area is 91.7 Å². The summed E-state index contributed by atoms with van der Waals surface area (Å²) in [5.74, 6) is -1.16. The summed E-state index contributed by atoms with van der Waals surface area (Å²) in [7, 11) is 1.28. The first-order chi connectivity index (χ1) is 7.60. The van der Waals surface area contributed by atoms with Crippen LogP contribution < -0.4 is 0 Å². The SMILES string of the molecule is COC(=O)c1ccc(C(=O)N=C=O)cc1C. The molecular formula is C11H9NO4. The Morgan fingerprint density at radius 1 is 1.38 bits per heavy atom. The van der Waals surface area contributed by atoms with Crippen molar-refractivity contribution < 1.29 is 19.1 Å². The first-order valence-corrected chi connectivity index (χ1v) is 4.41. The molecule has 1 aromatic carbocycles. The number of aryl methyl sites for hydroxylation is 1. The third-order valence-electron chi connectivity index (χ3n) is 2.03. The summed E-state index contributed by atoms with van der Waals surface area (Å²) in [5, 5.41) is 0. The first-order valence-electron chi connectivity index (χ1n) is 4.41. The van der Waals surface area contributed by atoms with Gasteiger partial charge in [0.05, 0.1) is 12.7 Å². The van der Waals surface area contributed by atoms with Gasteiger partial charge in [-0.2, -0.15) is 0 Å². The van der Waals surface area contributed by atoms with E-state index in [9.17, 15) is 14.4 Å². The number of carbonyl (C=O) groups is 2. The third kappa shape index (κ3) is 2.40. The fraction of sp³-hybridized carbons (Fsp3) is 0.182. The monoisotopic (exact) mass is 219 g/mol. The molecule has 1 amide bonds. The van der Waals surface area contributed by atoms with Crippen LogP contribution in [0.15, 0.2) is 23.2 Å². The largest absolute Gasteiger partial charge is 0.465 e. The number of esters is 1. The van der Waals surface area contributed by atoms with Crippen molar-refractivity contribution in [1.29, 1.82) is 0 Å². The lowest BCUT2D eigenvalue weighted by molar-refractivity contribution is 0.0599. The molecule has 1 aromatic rings. The second kappa shape index (κ2) is 5.00. The van der Waals surface area contributed by atoms with Crippen LogP contribution in [0, 0.1) is 6.92 Å². The highest BCUT2D eigenvalue weighted by Crippen LogP contribution is 2.12. The zero-order chi connectivity index (χ0) is 12.1. The van der Waals surface area contributed by atoms with Crippen LogP contribution in [0.2, 0.25) is 0 Å². The lowest BCUT2D eigenvalue weighted by atomic mass is 10.0. The minimum atomic E-state index is -0.686. The molecule has 16 heavy (non-hydrogen) atoms. The fourth-order valence-corrected chi connectivity index (χ4v) is 1.24. The molecule has 0 spiro atoms. The Morgan fingerprint density at radius 3 is 2.56 bits per heavy atom. The lowest BCUT2D eigenvalue weighted by Crippen LogP contribution is -2.05. The van der Waals surface area contributed by atoms with Crippen LogP contribution in [0.4, 0.5) is 0 Å². The van der Waals surface area contributed by atoms with E-state index in [1.807, 2.05) is 0 Å². The Balaban J connectivity index is 3.13. The van der Waals surface area contributed by atoms with Crippen LogP contribution in [-0.4, -0.2) is 25.1 Å². The average Bonchev–Trinajstić information content (AvgIpc) is 2.28. The summed E-state index contributed by atoms with van der Waals surface area (Å²) < 4.78 is 4.56. The summed E-state index contributed by atoms with van der Waals surface area (Å²) in [4.78, 5) is 35.3. The summed E-state index contributed by atoms with van der Waals surface area (Å²) >= 11 is 0. The molecule has 82 valence electrons. The highest BCUT2D eigenvalue weighted by atomic mass is 16.5. The molecule has 0 saturated carbocycles. The highest BCUT2D eigenvalue weighted by molar-refractivity contribution is 5.99. The van der Waals surface area contributed by atoms with E-state index in [0.717, 1.165) is 0 Å². The molecule has 0 aliphatic heterocycles. The van der Waals surface area contributed by atoms with Crippen molar-refractivity contribution in [2.45, 2.75) is 6.92 Å². The van der Waals surface area contributed by atoms with Crippen molar-refractivity contribution in [3.8, 4) is 0 Å². The van der Waals surface area contributed by atoms with E-state index >= 15 is 0 Å². The smallest absolute Gasteiger partial charge is 0.338 e. The van der Waals surface area contributed by atoms with E-state index in [-0.39, 0.29) is 5.56 Å². The van der Waals surface area contributed by atoms with E-state index < -0.39 is 11.9 Å². The molecule has 5 nitrogen and oxygen atoms in total. The van der Waals surface area contributed by atoms with Gasteiger partial charge in [-0.3, -0.25) is 4.79 Å². The molecule has 0 fully saturated rings. The van der Waals surface area contributed by atoms with Gasteiger partial charge >= 0.3 is 5.97 Å². The van der Waals surface area contributed by atoms with Gasteiger partial charge in [-0.25, -0.2) is 9.59 Å². The molecule has 0 aromatic heterocycles. The minimum Gasteiger partial charge on any atom is -0.465 e. The van der Waals surface area contributed by atoms with Gasteiger partial charge < -0.3 is 4.74 Å². The number of methoxy groups -OCH3 is 1. The van der Waals surface area contributed by atoms with Crippen molar-refractivity contribution in [3.63, 3.8) is 0 Å². The molecule has 0 aliphatic carbocycles. The number of nitrogens with zero attached hydrogens (tertiary/aromatic N) is 1. The second-order valence-electron chi connectivity index (χ2n) is 3.03. The molecule has 0 unspecified atom stereocenters. The van der Waals surface area contributed by atoms with E-state index in [0.29, 0.717) is 11.1 Å². The lowest BCUT2D eigenvalue weighted by Gasteiger charge is -2.04. The topological polar surface area (TPSA) is 72.8 Å². The van der Waals surface area contributed by atoms with E-state index in [2.05, 4.69) is 9.73 Å². The van der Waals surface area contributed by atoms with E-state index in [4.69, 9.17) is 0 Å². The average molecular weight is 219 g/mol. The quantitative estimate of drug-likeness (QED) is 0.426. The number of amides is 1. The van der Waals surface area contributed by atoms with Gasteiger partial charge in [-0.1, -0.05) is 0 Å². The van der Waals surface area contributed by atoms with Gasteiger partial charge in [0.15, 0.2) is 0 Å². The molecule has 0 N–H and O–H groups in total. The predicted octanol–water partition coefficient (Wildman–Crippen LogP) is 1.26. The molecule has 0 bridgehead atoms. The predicted molar refractivity (Wildman–Crippen MR) is 55.0 cm³/mol. The first kappa shape index (κ1) is 11.8. The third-order valence-corrected chi connectivity index (χ3v) is 2.03. The minimum absolute atomic E-state index is 0.230. The number of hydrogen-bond donors (Lipinski definition) is 0. The number of isocyanates is 1. The summed E-state index contributed by atoms with van der Waals surface area (Å²) in [6.07, 6.45) is 1.17. The van der Waals surface area contributed by atoms with E-state index in [1.54, 1.807) is 6.92 Å². The summed E-state index contributed by atoms with van der Waals surface area (Å²) in [6.45, 7) is 1.66. The van der Waals surface area contributed by atoms with Crippen LogP contribution in [-0.2, 0) is 9.53 Å². The van der Waals surface area contributed by atoms with Crippen molar-refractivity contribution in [2.75, 3.05) is 7.11 Å². The van der Waals surface area contributed by atoms with Crippen molar-refractivity contribution in [1.82, 2.24) is 0 Å². The zero-order valence-corrected chi connectivity index (χ0v) is 8.81. The molecular weight excluding hydrogens is 210 g/mol. The molecule has 0 radical (unpaired) electrons. The Hall–Kier alpha value is -2.26. The maximum absolute atomic E-state index is 11.2. The fourth-order valence-electron chi connectivity index (χ4n) is 1.24. The van der Waals surface area contributed by atoms with Crippen LogP contribution in [0.25, 0.3) is 0 Å². The maximum atomic E-state index is 11.2. The Bertz CT molecular complexity index is 487. The molecule has 5 heteroatoms. The van der Waals surface area contributed by atoms with Gasteiger partial charge in [0, 0.05) is 5.56 Å². The highest BCUT2D eigenvalue weighted by Gasteiger charge is 2.11. The van der Waals surface area contributed by atoms with Crippen LogP contribution in [0.5, 0.6) is 0 Å². The molecule has 1 rings (SSSR count). The second-order valence-corrected chi connectivity index (χ2v) is 3.03. The standard InChI is InChI=1S/C11H9NO4/c1-7-5-8(10(14)12-6-13)3-4-9(7)11(15)16-2/h3-5H,1-2H3. The molecule has 0 atom stereocenters. The van der Waals surface area contributed by atoms with Gasteiger partial charge in [0.25, 0.3) is 5.91 Å². The van der Waals surface area contributed by atoms with Crippen molar-refractivity contribution in [2.24, 2.45) is 4.99 Å². The van der Waals surface area contributed by atoms with Gasteiger partial charge in [0.1, 0.15) is 0 Å². The number of aliphatic imine (C=N–C) groups is 1. The molecule has 0 heterocycles.